The van der Waals surface area contributed by atoms with Gasteiger partial charge in [0.05, 0.1) is 13.7 Å². The van der Waals surface area contributed by atoms with Gasteiger partial charge in [0.2, 0.25) is 0 Å². The molecule has 5 nitrogen and oxygen atoms in total. The van der Waals surface area contributed by atoms with Gasteiger partial charge in [-0.2, -0.15) is 0 Å². The van der Waals surface area contributed by atoms with Gasteiger partial charge in [-0.15, -0.1) is 5.10 Å². The molecule has 0 aliphatic rings. The molecule has 1 heterocycles. The van der Waals surface area contributed by atoms with Crippen LogP contribution in [0.1, 0.15) is 19.0 Å². The number of esters is 1. The van der Waals surface area contributed by atoms with Crippen LogP contribution in [0.5, 0.6) is 0 Å². The zero-order chi connectivity index (χ0) is 12.0. The fraction of sp³-hybridized carbons (Fsp3) is 0.667. The molecule has 0 radical (unpaired) electrons. The van der Waals surface area contributed by atoms with E-state index in [-0.39, 0.29) is 12.5 Å². The highest BCUT2D eigenvalue weighted by Crippen LogP contribution is 2.18. The zero-order valence-electron chi connectivity index (χ0n) is 9.27. The second-order valence-corrected chi connectivity index (χ2v) is 4.64. The number of ether oxygens (including phenoxy) is 1. The molecular formula is C9H14ClN3O2S. The second-order valence-electron chi connectivity index (χ2n) is 3.28. The molecule has 0 saturated carbocycles. The quantitative estimate of drug-likeness (QED) is 0.730. The van der Waals surface area contributed by atoms with Crippen molar-refractivity contribution in [3.8, 4) is 0 Å². The maximum absolute atomic E-state index is 11.2. The van der Waals surface area contributed by atoms with E-state index in [0.717, 1.165) is 24.5 Å². The minimum absolute atomic E-state index is 0.248. The smallest absolute Gasteiger partial charge is 0.319 e. The normalized spacial score (nSPS) is 10.8. The van der Waals surface area contributed by atoms with Crippen LogP contribution < -0.4 is 0 Å². The fourth-order valence-corrected chi connectivity index (χ4v) is 1.89. The monoisotopic (exact) mass is 263 g/mol. The summed E-state index contributed by atoms with van der Waals surface area (Å²) in [5.74, 6) is -0.257. The molecular weight excluding hydrogens is 250 g/mol. The molecule has 1 aromatic heterocycles. The lowest BCUT2D eigenvalue weighted by Crippen LogP contribution is -2.31. The minimum atomic E-state index is -0.257. The lowest BCUT2D eigenvalue weighted by atomic mass is 10.3. The Bertz CT molecular complexity index is 345. The van der Waals surface area contributed by atoms with E-state index < -0.39 is 0 Å². The molecule has 0 atom stereocenters. The summed E-state index contributed by atoms with van der Waals surface area (Å²) in [6.07, 6.45) is 0.951. The number of hydrogen-bond donors (Lipinski definition) is 0. The maximum Gasteiger partial charge on any atom is 0.319 e. The number of carbonyl (C=O) groups excluding carboxylic acids is 1. The Balaban J connectivity index is 2.57. The number of aromatic nitrogens is 2. The highest BCUT2D eigenvalue weighted by Gasteiger charge is 2.14. The van der Waals surface area contributed by atoms with Gasteiger partial charge in [0.1, 0.15) is 10.0 Å². The van der Waals surface area contributed by atoms with E-state index in [1.165, 1.54) is 7.11 Å². The summed E-state index contributed by atoms with van der Waals surface area (Å²) < 4.78 is 8.96. The largest absolute Gasteiger partial charge is 0.468 e. The molecule has 0 N–H and O–H groups in total. The van der Waals surface area contributed by atoms with Gasteiger partial charge in [0, 0.05) is 18.1 Å². The molecule has 7 heteroatoms. The molecule has 90 valence electrons. The maximum atomic E-state index is 11.2. The van der Waals surface area contributed by atoms with E-state index in [4.69, 9.17) is 11.6 Å². The topological polar surface area (TPSA) is 55.3 Å². The van der Waals surface area contributed by atoms with Gasteiger partial charge in [0.25, 0.3) is 0 Å². The SMILES string of the molecule is CCCN(CC(=O)OC)Cc1nnsc1Cl. The Morgan fingerprint density at radius 1 is 1.62 bits per heavy atom. The van der Waals surface area contributed by atoms with Gasteiger partial charge >= 0.3 is 5.97 Å². The molecule has 0 aromatic carbocycles. The summed E-state index contributed by atoms with van der Waals surface area (Å²) in [4.78, 5) is 13.1. The van der Waals surface area contributed by atoms with Crippen molar-refractivity contribution in [2.45, 2.75) is 19.9 Å². The number of rotatable bonds is 6. The molecule has 1 rings (SSSR count). The highest BCUT2D eigenvalue weighted by molar-refractivity contribution is 7.10. The van der Waals surface area contributed by atoms with Gasteiger partial charge in [-0.05, 0) is 13.0 Å². The third-order valence-corrected chi connectivity index (χ3v) is 2.99. The average Bonchev–Trinajstić information content (AvgIpc) is 2.64. The van der Waals surface area contributed by atoms with Crippen LogP contribution >= 0.6 is 23.1 Å². The van der Waals surface area contributed by atoms with Gasteiger partial charge in [-0.1, -0.05) is 23.0 Å². The minimum Gasteiger partial charge on any atom is -0.468 e. The molecule has 0 fully saturated rings. The van der Waals surface area contributed by atoms with E-state index in [9.17, 15) is 4.79 Å². The van der Waals surface area contributed by atoms with Crippen molar-refractivity contribution in [1.82, 2.24) is 14.5 Å². The van der Waals surface area contributed by atoms with E-state index >= 15 is 0 Å². The summed E-state index contributed by atoms with van der Waals surface area (Å²) in [7, 11) is 1.38. The number of hydrogen-bond acceptors (Lipinski definition) is 6. The van der Waals surface area contributed by atoms with Crippen LogP contribution in [0.3, 0.4) is 0 Å². The predicted molar refractivity (Wildman–Crippen MR) is 62.5 cm³/mol. The standard InChI is InChI=1S/C9H14ClN3O2S/c1-3-4-13(6-8(14)15-2)5-7-9(10)16-12-11-7/h3-6H2,1-2H3. The highest BCUT2D eigenvalue weighted by atomic mass is 35.5. The first-order chi connectivity index (χ1) is 7.67. The summed E-state index contributed by atoms with van der Waals surface area (Å²) in [6.45, 7) is 3.62. The number of carbonyl (C=O) groups is 1. The van der Waals surface area contributed by atoms with E-state index in [0.29, 0.717) is 16.6 Å². The molecule has 0 bridgehead atoms. The third kappa shape index (κ3) is 4.03. The van der Waals surface area contributed by atoms with Gasteiger partial charge < -0.3 is 4.74 Å². The molecule has 16 heavy (non-hydrogen) atoms. The van der Waals surface area contributed by atoms with Crippen LogP contribution in [0.2, 0.25) is 4.34 Å². The van der Waals surface area contributed by atoms with Crippen molar-refractivity contribution in [3.63, 3.8) is 0 Å². The van der Waals surface area contributed by atoms with Crippen LogP contribution in [0.25, 0.3) is 0 Å². The molecule has 0 amide bonds. The van der Waals surface area contributed by atoms with Crippen molar-refractivity contribution in [2.24, 2.45) is 0 Å². The number of methoxy groups -OCH3 is 1. The summed E-state index contributed by atoms with van der Waals surface area (Å²) >= 11 is 7.06. The Hall–Kier alpha value is -0.720. The van der Waals surface area contributed by atoms with E-state index in [1.54, 1.807) is 0 Å². The zero-order valence-corrected chi connectivity index (χ0v) is 10.8. The fourth-order valence-electron chi connectivity index (χ4n) is 1.28. The average molecular weight is 264 g/mol. The predicted octanol–water partition coefficient (Wildman–Crippen LogP) is 1.58. The van der Waals surface area contributed by atoms with Crippen molar-refractivity contribution in [3.05, 3.63) is 10.0 Å². The van der Waals surface area contributed by atoms with Crippen LogP contribution in [0, 0.1) is 0 Å². The Morgan fingerprint density at radius 2 is 2.38 bits per heavy atom. The van der Waals surface area contributed by atoms with Gasteiger partial charge in [-0.25, -0.2) is 0 Å². The first kappa shape index (κ1) is 13.3. The lowest BCUT2D eigenvalue weighted by molar-refractivity contribution is -0.142. The van der Waals surface area contributed by atoms with Crippen LogP contribution in [0.15, 0.2) is 0 Å². The molecule has 0 aliphatic carbocycles. The van der Waals surface area contributed by atoms with Crippen LogP contribution in [-0.2, 0) is 16.1 Å². The van der Waals surface area contributed by atoms with Crippen molar-refractivity contribution < 1.29 is 9.53 Å². The Labute approximate surface area is 104 Å². The van der Waals surface area contributed by atoms with E-state index in [1.807, 2.05) is 11.8 Å². The van der Waals surface area contributed by atoms with Crippen LogP contribution in [-0.4, -0.2) is 40.7 Å². The molecule has 0 aliphatic heterocycles. The first-order valence-corrected chi connectivity index (χ1v) is 6.08. The Morgan fingerprint density at radius 3 is 2.88 bits per heavy atom. The molecule has 0 saturated heterocycles. The third-order valence-electron chi connectivity index (χ3n) is 2.00. The molecule has 0 spiro atoms. The second kappa shape index (κ2) is 6.78. The first-order valence-electron chi connectivity index (χ1n) is 4.93. The van der Waals surface area contributed by atoms with Crippen molar-refractivity contribution in [2.75, 3.05) is 20.2 Å². The van der Waals surface area contributed by atoms with Gasteiger partial charge in [-0.3, -0.25) is 9.69 Å². The summed E-state index contributed by atoms with van der Waals surface area (Å²) in [5, 5.41) is 3.91. The van der Waals surface area contributed by atoms with Gasteiger partial charge in [0.15, 0.2) is 0 Å². The molecule has 0 unspecified atom stereocenters. The van der Waals surface area contributed by atoms with Crippen molar-refractivity contribution >= 4 is 29.1 Å². The summed E-state index contributed by atoms with van der Waals surface area (Å²) in [5.41, 5.74) is 0.712. The number of halogens is 1. The van der Waals surface area contributed by atoms with Crippen LogP contribution in [0.4, 0.5) is 0 Å². The van der Waals surface area contributed by atoms with E-state index in [2.05, 4.69) is 14.3 Å². The Kier molecular flexibility index (Phi) is 5.65. The number of nitrogens with zero attached hydrogens (tertiary/aromatic N) is 3. The molecule has 1 aromatic rings. The summed E-state index contributed by atoms with van der Waals surface area (Å²) in [6, 6.07) is 0. The lowest BCUT2D eigenvalue weighted by Gasteiger charge is -2.18. The van der Waals surface area contributed by atoms with Crippen molar-refractivity contribution in [1.29, 1.82) is 0 Å².